The van der Waals surface area contributed by atoms with Crippen LogP contribution in [-0.4, -0.2) is 47.4 Å². The van der Waals surface area contributed by atoms with E-state index in [-0.39, 0.29) is 12.5 Å². The van der Waals surface area contributed by atoms with Crippen molar-refractivity contribution in [1.29, 1.82) is 0 Å². The molecular formula is C9H14ClNO5. The van der Waals surface area contributed by atoms with Crippen LogP contribution < -0.4 is 5.32 Å². The number of aliphatic hydroxyl groups excluding tert-OH is 1. The summed E-state index contributed by atoms with van der Waals surface area (Å²) >= 11 is 5.91. The van der Waals surface area contributed by atoms with Crippen molar-refractivity contribution < 1.29 is 24.2 Å². The van der Waals surface area contributed by atoms with E-state index in [1.807, 2.05) is 0 Å². The van der Waals surface area contributed by atoms with Crippen LogP contribution in [0.15, 0.2) is 0 Å². The standard InChI is InChI=1S/C9H14ClNO5/c1-4(12)11-7-8(16-5(2)13)6(10)3-15-9(7)14/h6-9,14H,3H2,1-2H3,(H,11,12)/t6-,7+,8-,9-/m0/s1. The van der Waals surface area contributed by atoms with Gasteiger partial charge in [-0.3, -0.25) is 9.59 Å². The van der Waals surface area contributed by atoms with Crippen molar-refractivity contribution in [3.8, 4) is 0 Å². The molecule has 6 nitrogen and oxygen atoms in total. The van der Waals surface area contributed by atoms with Crippen molar-refractivity contribution in [2.45, 2.75) is 37.7 Å². The molecule has 0 unspecified atom stereocenters. The topological polar surface area (TPSA) is 84.9 Å². The van der Waals surface area contributed by atoms with Gasteiger partial charge < -0.3 is 19.9 Å². The molecule has 1 heterocycles. The quantitative estimate of drug-likeness (QED) is 0.505. The highest BCUT2D eigenvalue weighted by Gasteiger charge is 2.41. The fraction of sp³-hybridized carbons (Fsp3) is 0.778. The summed E-state index contributed by atoms with van der Waals surface area (Å²) in [4.78, 5) is 21.8. The largest absolute Gasteiger partial charge is 0.458 e. The van der Waals surface area contributed by atoms with Crippen LogP contribution in [0.1, 0.15) is 13.8 Å². The summed E-state index contributed by atoms with van der Waals surface area (Å²) in [6, 6.07) is -0.849. The maximum absolute atomic E-state index is 10.9. The molecule has 1 amide bonds. The Kier molecular flexibility index (Phi) is 4.52. The summed E-state index contributed by atoms with van der Waals surface area (Å²) in [6.45, 7) is 2.57. The van der Waals surface area contributed by atoms with Gasteiger partial charge in [0.2, 0.25) is 5.91 Å². The van der Waals surface area contributed by atoms with Crippen LogP contribution in [0.4, 0.5) is 0 Å². The van der Waals surface area contributed by atoms with Crippen molar-refractivity contribution in [2.24, 2.45) is 0 Å². The van der Waals surface area contributed by atoms with Crippen molar-refractivity contribution >= 4 is 23.5 Å². The Morgan fingerprint density at radius 2 is 2.12 bits per heavy atom. The van der Waals surface area contributed by atoms with E-state index in [2.05, 4.69) is 5.32 Å². The third-order valence-corrected chi connectivity index (χ3v) is 2.49. The predicted molar refractivity (Wildman–Crippen MR) is 54.8 cm³/mol. The minimum absolute atomic E-state index is 0.0523. The summed E-state index contributed by atoms with van der Waals surface area (Å²) in [5.74, 6) is -0.893. The highest BCUT2D eigenvalue weighted by Crippen LogP contribution is 2.21. The molecule has 1 fully saturated rings. The first-order valence-electron chi connectivity index (χ1n) is 4.80. The Hall–Kier alpha value is -0.850. The van der Waals surface area contributed by atoms with Crippen LogP contribution in [0, 0.1) is 0 Å². The van der Waals surface area contributed by atoms with Gasteiger partial charge in [-0.25, -0.2) is 0 Å². The molecule has 2 N–H and O–H groups in total. The summed E-state index contributed by atoms with van der Waals surface area (Å²) < 4.78 is 9.89. The van der Waals surface area contributed by atoms with Gasteiger partial charge in [0.05, 0.1) is 12.0 Å². The lowest BCUT2D eigenvalue weighted by molar-refractivity contribution is -0.189. The molecule has 0 saturated carbocycles. The summed E-state index contributed by atoms with van der Waals surface area (Å²) in [5, 5.41) is 11.4. The van der Waals surface area contributed by atoms with Gasteiger partial charge in [0.15, 0.2) is 6.29 Å². The molecule has 0 radical (unpaired) electrons. The lowest BCUT2D eigenvalue weighted by Gasteiger charge is -2.37. The molecule has 1 rings (SSSR count). The highest BCUT2D eigenvalue weighted by molar-refractivity contribution is 6.21. The number of esters is 1. The fourth-order valence-corrected chi connectivity index (χ4v) is 1.78. The molecule has 4 atom stereocenters. The first-order valence-corrected chi connectivity index (χ1v) is 5.23. The third kappa shape index (κ3) is 3.33. The molecule has 0 aromatic heterocycles. The second-order valence-electron chi connectivity index (χ2n) is 3.54. The fourth-order valence-electron chi connectivity index (χ4n) is 1.50. The number of hydrogen-bond donors (Lipinski definition) is 2. The van der Waals surface area contributed by atoms with Crippen molar-refractivity contribution in [1.82, 2.24) is 5.32 Å². The zero-order chi connectivity index (χ0) is 12.3. The Bertz CT molecular complexity index is 257. The van der Waals surface area contributed by atoms with E-state index in [9.17, 15) is 14.7 Å². The number of halogens is 1. The second kappa shape index (κ2) is 5.47. The first kappa shape index (κ1) is 13.2. The number of carbonyl (C=O) groups excluding carboxylic acids is 2. The van der Waals surface area contributed by atoms with Crippen LogP contribution in [0.3, 0.4) is 0 Å². The summed E-state index contributed by atoms with van der Waals surface area (Å²) in [6.07, 6.45) is -2.03. The number of hydrogen-bond acceptors (Lipinski definition) is 5. The number of nitrogens with one attached hydrogen (secondary N) is 1. The maximum atomic E-state index is 10.9. The first-order chi connectivity index (χ1) is 7.41. The van der Waals surface area contributed by atoms with E-state index in [1.165, 1.54) is 13.8 Å². The van der Waals surface area contributed by atoms with E-state index < -0.39 is 29.8 Å². The number of aliphatic hydroxyl groups is 1. The van der Waals surface area contributed by atoms with Gasteiger partial charge in [-0.05, 0) is 0 Å². The number of carbonyl (C=O) groups is 2. The smallest absolute Gasteiger partial charge is 0.303 e. The summed E-state index contributed by atoms with van der Waals surface area (Å²) in [5.41, 5.74) is 0. The number of rotatable bonds is 2. The summed E-state index contributed by atoms with van der Waals surface area (Å²) in [7, 11) is 0. The van der Waals surface area contributed by atoms with Gasteiger partial charge >= 0.3 is 5.97 Å². The van der Waals surface area contributed by atoms with Gasteiger partial charge in [-0.2, -0.15) is 0 Å². The van der Waals surface area contributed by atoms with Gasteiger partial charge in [0.1, 0.15) is 12.1 Å². The Balaban J connectivity index is 2.76. The van der Waals surface area contributed by atoms with Gasteiger partial charge in [-0.15, -0.1) is 11.6 Å². The molecule has 0 spiro atoms. The zero-order valence-electron chi connectivity index (χ0n) is 8.97. The highest BCUT2D eigenvalue weighted by atomic mass is 35.5. The molecular weight excluding hydrogens is 238 g/mol. The molecule has 92 valence electrons. The van der Waals surface area contributed by atoms with Crippen LogP contribution in [0.25, 0.3) is 0 Å². The molecule has 0 bridgehead atoms. The van der Waals surface area contributed by atoms with Crippen LogP contribution in [-0.2, 0) is 19.1 Å². The molecule has 0 aliphatic carbocycles. The molecule has 1 saturated heterocycles. The molecule has 16 heavy (non-hydrogen) atoms. The molecule has 1 aliphatic rings. The molecule has 0 aromatic rings. The Labute approximate surface area is 97.9 Å². The number of alkyl halides is 1. The minimum atomic E-state index is -1.23. The monoisotopic (exact) mass is 251 g/mol. The molecule has 7 heteroatoms. The third-order valence-electron chi connectivity index (χ3n) is 2.12. The molecule has 1 aliphatic heterocycles. The van der Waals surface area contributed by atoms with E-state index in [0.717, 1.165) is 0 Å². The normalized spacial score (nSPS) is 34.2. The van der Waals surface area contributed by atoms with E-state index >= 15 is 0 Å². The van der Waals surface area contributed by atoms with Crippen LogP contribution >= 0.6 is 11.6 Å². The van der Waals surface area contributed by atoms with E-state index in [1.54, 1.807) is 0 Å². The number of ether oxygens (including phenoxy) is 2. The maximum Gasteiger partial charge on any atom is 0.303 e. The van der Waals surface area contributed by atoms with Gasteiger partial charge in [0.25, 0.3) is 0 Å². The lowest BCUT2D eigenvalue weighted by Crippen LogP contribution is -2.60. The van der Waals surface area contributed by atoms with Gasteiger partial charge in [0, 0.05) is 13.8 Å². The van der Waals surface area contributed by atoms with Crippen molar-refractivity contribution in [3.63, 3.8) is 0 Å². The van der Waals surface area contributed by atoms with E-state index in [4.69, 9.17) is 21.1 Å². The second-order valence-corrected chi connectivity index (χ2v) is 4.10. The predicted octanol–water partition coefficient (Wildman–Crippen LogP) is -0.621. The Morgan fingerprint density at radius 1 is 1.50 bits per heavy atom. The zero-order valence-corrected chi connectivity index (χ0v) is 9.73. The van der Waals surface area contributed by atoms with E-state index in [0.29, 0.717) is 0 Å². The number of amides is 1. The Morgan fingerprint density at radius 3 is 2.62 bits per heavy atom. The average Bonchev–Trinajstić information content (AvgIpc) is 2.16. The SMILES string of the molecule is CC(=O)N[C@@H]1[C@@H](OC(C)=O)[C@@H](Cl)CO[C@@H]1O. The van der Waals surface area contributed by atoms with Crippen LogP contribution in [0.5, 0.6) is 0 Å². The lowest BCUT2D eigenvalue weighted by atomic mass is 10.0. The average molecular weight is 252 g/mol. The van der Waals surface area contributed by atoms with Crippen molar-refractivity contribution in [3.05, 3.63) is 0 Å². The minimum Gasteiger partial charge on any atom is -0.458 e. The van der Waals surface area contributed by atoms with Gasteiger partial charge in [-0.1, -0.05) is 0 Å². The molecule has 0 aromatic carbocycles. The van der Waals surface area contributed by atoms with Crippen LogP contribution in [0.2, 0.25) is 0 Å². The van der Waals surface area contributed by atoms with Crippen molar-refractivity contribution in [2.75, 3.05) is 6.61 Å².